The van der Waals surface area contributed by atoms with Crippen molar-refractivity contribution in [2.45, 2.75) is 62.9 Å². The Hall–Kier alpha value is -1.93. The number of hydrogen-bond donors (Lipinski definition) is 3. The summed E-state index contributed by atoms with van der Waals surface area (Å²) in [5, 5.41) is 16.3. The van der Waals surface area contributed by atoms with Crippen LogP contribution in [0.25, 0.3) is 0 Å². The molecule has 2 saturated carbocycles. The number of carbonyl (C=O) groups excluding carboxylic acids is 2. The molecule has 1 heterocycles. The molecule has 0 saturated heterocycles. The highest BCUT2D eigenvalue weighted by atomic mass is 16.5. The van der Waals surface area contributed by atoms with Crippen LogP contribution >= 0.6 is 0 Å². The number of aromatic nitrogens is 1. The summed E-state index contributed by atoms with van der Waals surface area (Å²) in [6, 6.07) is 1.91. The Kier molecular flexibility index (Phi) is 6.26. The predicted octanol–water partition coefficient (Wildman–Crippen LogP) is 0.763. The topological polar surface area (TPSA) is 122 Å². The molecule has 0 radical (unpaired) electrons. The molecule has 2 amide bonds. The van der Waals surface area contributed by atoms with Crippen molar-refractivity contribution in [3.8, 4) is 0 Å². The standard InChI is InChI=1S/C18H28N4O4/c19-8-7-17(24)20-13-3-5-14(6-4-13)22(9-10-23)18(25)15-11-16(26-21-15)12-1-2-12/h11-14,23H,1-10,19H2,(H,20,24). The zero-order chi connectivity index (χ0) is 18.5. The fourth-order valence-corrected chi connectivity index (χ4v) is 3.62. The molecular weight excluding hydrogens is 336 g/mol. The first-order valence-electron chi connectivity index (χ1n) is 9.50. The number of rotatable bonds is 8. The predicted molar refractivity (Wildman–Crippen MR) is 94.5 cm³/mol. The van der Waals surface area contributed by atoms with E-state index >= 15 is 0 Å². The first kappa shape index (κ1) is 18.8. The zero-order valence-electron chi connectivity index (χ0n) is 15.0. The van der Waals surface area contributed by atoms with Crippen LogP contribution in [0.2, 0.25) is 0 Å². The van der Waals surface area contributed by atoms with Crippen molar-refractivity contribution in [2.24, 2.45) is 5.73 Å². The second-order valence-electron chi connectivity index (χ2n) is 7.22. The first-order valence-corrected chi connectivity index (χ1v) is 9.50. The van der Waals surface area contributed by atoms with Crippen molar-refractivity contribution < 1.29 is 19.2 Å². The second-order valence-corrected chi connectivity index (χ2v) is 7.22. The summed E-state index contributed by atoms with van der Waals surface area (Å²) in [5.74, 6) is 0.978. The van der Waals surface area contributed by atoms with Gasteiger partial charge >= 0.3 is 0 Å². The van der Waals surface area contributed by atoms with E-state index in [1.54, 1.807) is 11.0 Å². The third-order valence-corrected chi connectivity index (χ3v) is 5.20. The van der Waals surface area contributed by atoms with Gasteiger partial charge in [-0.1, -0.05) is 5.16 Å². The van der Waals surface area contributed by atoms with Crippen LogP contribution in [0.3, 0.4) is 0 Å². The Morgan fingerprint density at radius 1 is 1.27 bits per heavy atom. The molecule has 8 heteroatoms. The van der Waals surface area contributed by atoms with E-state index in [2.05, 4.69) is 10.5 Å². The smallest absolute Gasteiger partial charge is 0.276 e. The van der Waals surface area contributed by atoms with Gasteiger partial charge in [0.15, 0.2) is 5.69 Å². The number of carbonyl (C=O) groups is 2. The minimum Gasteiger partial charge on any atom is -0.395 e. The van der Waals surface area contributed by atoms with Crippen LogP contribution in [0.1, 0.15) is 67.1 Å². The van der Waals surface area contributed by atoms with Gasteiger partial charge in [-0.15, -0.1) is 0 Å². The molecule has 144 valence electrons. The number of nitrogens with one attached hydrogen (secondary N) is 1. The van der Waals surface area contributed by atoms with Gasteiger partial charge in [-0.3, -0.25) is 9.59 Å². The lowest BCUT2D eigenvalue weighted by Gasteiger charge is -2.36. The minimum absolute atomic E-state index is 0.0190. The van der Waals surface area contributed by atoms with Gasteiger partial charge in [-0.2, -0.15) is 0 Å². The monoisotopic (exact) mass is 364 g/mol. The number of aliphatic hydroxyl groups is 1. The van der Waals surface area contributed by atoms with E-state index in [4.69, 9.17) is 10.3 Å². The first-order chi connectivity index (χ1) is 12.6. The number of amides is 2. The van der Waals surface area contributed by atoms with Crippen LogP contribution in [0.15, 0.2) is 10.6 Å². The Labute approximate surface area is 153 Å². The molecule has 0 bridgehead atoms. The number of hydrogen-bond acceptors (Lipinski definition) is 6. The van der Waals surface area contributed by atoms with Crippen molar-refractivity contribution in [3.05, 3.63) is 17.5 Å². The summed E-state index contributed by atoms with van der Waals surface area (Å²) in [6.45, 7) is 0.534. The molecule has 0 spiro atoms. The summed E-state index contributed by atoms with van der Waals surface area (Å²) in [6.07, 6.45) is 5.70. The molecule has 26 heavy (non-hydrogen) atoms. The fraction of sp³-hybridized carbons (Fsp3) is 0.722. The van der Waals surface area contributed by atoms with E-state index in [-0.39, 0.29) is 37.0 Å². The molecule has 2 aliphatic rings. The maximum atomic E-state index is 12.8. The zero-order valence-corrected chi connectivity index (χ0v) is 15.0. The lowest BCUT2D eigenvalue weighted by molar-refractivity contribution is -0.121. The number of nitrogens with zero attached hydrogens (tertiary/aromatic N) is 2. The molecular formula is C18H28N4O4. The second kappa shape index (κ2) is 8.64. The van der Waals surface area contributed by atoms with Crippen molar-refractivity contribution >= 4 is 11.8 Å². The van der Waals surface area contributed by atoms with Crippen molar-refractivity contribution in [1.29, 1.82) is 0 Å². The normalized spacial score (nSPS) is 22.8. The van der Waals surface area contributed by atoms with Gasteiger partial charge in [-0.25, -0.2) is 0 Å². The molecule has 0 aromatic carbocycles. The van der Waals surface area contributed by atoms with E-state index in [0.29, 0.717) is 24.6 Å². The largest absolute Gasteiger partial charge is 0.395 e. The van der Waals surface area contributed by atoms with Gasteiger partial charge in [0.05, 0.1) is 6.61 Å². The summed E-state index contributed by atoms with van der Waals surface area (Å²) in [5.41, 5.74) is 5.72. The molecule has 8 nitrogen and oxygen atoms in total. The Morgan fingerprint density at radius 2 is 2.00 bits per heavy atom. The third kappa shape index (κ3) is 4.62. The molecule has 0 aliphatic heterocycles. The van der Waals surface area contributed by atoms with E-state index in [9.17, 15) is 14.7 Å². The summed E-state index contributed by atoms with van der Waals surface area (Å²) >= 11 is 0. The Morgan fingerprint density at radius 3 is 2.62 bits per heavy atom. The molecule has 0 unspecified atom stereocenters. The number of nitrogens with two attached hydrogens (primary N) is 1. The maximum Gasteiger partial charge on any atom is 0.276 e. The SMILES string of the molecule is NCCC(=O)NC1CCC(N(CCO)C(=O)c2cc(C3CC3)on2)CC1. The van der Waals surface area contributed by atoms with Gasteiger partial charge < -0.3 is 25.6 Å². The van der Waals surface area contributed by atoms with E-state index in [0.717, 1.165) is 44.3 Å². The Balaban J connectivity index is 1.57. The lowest BCUT2D eigenvalue weighted by atomic mass is 9.89. The quantitative estimate of drug-likeness (QED) is 0.626. The molecule has 0 atom stereocenters. The van der Waals surface area contributed by atoms with Crippen LogP contribution < -0.4 is 11.1 Å². The molecule has 2 aliphatic carbocycles. The summed E-state index contributed by atoms with van der Waals surface area (Å²) < 4.78 is 5.29. The van der Waals surface area contributed by atoms with Crippen LogP contribution in [0.5, 0.6) is 0 Å². The van der Waals surface area contributed by atoms with Gasteiger partial charge in [0, 0.05) is 43.6 Å². The van der Waals surface area contributed by atoms with Gasteiger partial charge in [-0.05, 0) is 38.5 Å². The van der Waals surface area contributed by atoms with E-state index in [1.165, 1.54) is 0 Å². The van der Waals surface area contributed by atoms with Gasteiger partial charge in [0.1, 0.15) is 5.76 Å². The average Bonchev–Trinajstić information content (AvgIpc) is 3.37. The average molecular weight is 364 g/mol. The van der Waals surface area contributed by atoms with Crippen molar-refractivity contribution in [2.75, 3.05) is 19.7 Å². The highest BCUT2D eigenvalue weighted by Gasteiger charge is 2.33. The van der Waals surface area contributed by atoms with Gasteiger partial charge in [0.2, 0.25) is 5.91 Å². The third-order valence-electron chi connectivity index (χ3n) is 5.20. The molecule has 2 fully saturated rings. The van der Waals surface area contributed by atoms with Crippen molar-refractivity contribution in [1.82, 2.24) is 15.4 Å². The highest BCUT2D eigenvalue weighted by Crippen LogP contribution is 2.40. The highest BCUT2D eigenvalue weighted by molar-refractivity contribution is 5.92. The summed E-state index contributed by atoms with van der Waals surface area (Å²) in [4.78, 5) is 26.2. The van der Waals surface area contributed by atoms with Crippen LogP contribution in [0, 0.1) is 0 Å². The fourth-order valence-electron chi connectivity index (χ4n) is 3.62. The minimum atomic E-state index is -0.190. The van der Waals surface area contributed by atoms with E-state index in [1.807, 2.05) is 0 Å². The number of aliphatic hydroxyl groups excluding tert-OH is 1. The van der Waals surface area contributed by atoms with Crippen LogP contribution in [-0.2, 0) is 4.79 Å². The van der Waals surface area contributed by atoms with Gasteiger partial charge in [0.25, 0.3) is 5.91 Å². The van der Waals surface area contributed by atoms with E-state index < -0.39 is 0 Å². The molecule has 3 rings (SSSR count). The lowest BCUT2D eigenvalue weighted by Crippen LogP contribution is -2.47. The maximum absolute atomic E-state index is 12.8. The van der Waals surface area contributed by atoms with Crippen molar-refractivity contribution in [3.63, 3.8) is 0 Å². The van der Waals surface area contributed by atoms with Crippen LogP contribution in [-0.4, -0.2) is 58.8 Å². The molecule has 1 aromatic rings. The molecule has 1 aromatic heterocycles. The summed E-state index contributed by atoms with van der Waals surface area (Å²) in [7, 11) is 0. The molecule has 4 N–H and O–H groups in total. The van der Waals surface area contributed by atoms with Crippen LogP contribution in [0.4, 0.5) is 0 Å². The Bertz CT molecular complexity index is 620.